The van der Waals surface area contributed by atoms with Gasteiger partial charge in [0, 0.05) is 19.2 Å². The molecule has 0 radical (unpaired) electrons. The van der Waals surface area contributed by atoms with Crippen LogP contribution in [0.1, 0.15) is 30.5 Å². The van der Waals surface area contributed by atoms with Gasteiger partial charge in [-0.3, -0.25) is 14.6 Å². The van der Waals surface area contributed by atoms with E-state index in [1.165, 1.54) is 5.56 Å². The lowest BCUT2D eigenvalue weighted by Gasteiger charge is -2.36. The van der Waals surface area contributed by atoms with E-state index in [-0.39, 0.29) is 24.3 Å². The van der Waals surface area contributed by atoms with Crippen LogP contribution in [0.25, 0.3) is 0 Å². The van der Waals surface area contributed by atoms with Crippen molar-refractivity contribution in [2.24, 2.45) is 4.99 Å². The Labute approximate surface area is 134 Å². The summed E-state index contributed by atoms with van der Waals surface area (Å²) in [5.74, 6) is 0.850. The van der Waals surface area contributed by atoms with Crippen molar-refractivity contribution >= 4 is 28.7 Å². The smallest absolute Gasteiger partial charge is 0.228 e. The fourth-order valence-electron chi connectivity index (χ4n) is 3.01. The highest BCUT2D eigenvalue weighted by molar-refractivity contribution is 8.14. The Balaban J connectivity index is 1.78. The Bertz CT molecular complexity index is 630. The second kappa shape index (κ2) is 6.52. The SMILES string of the molecule is CC(=O)N1CCc2ccccc2[C@H]1CC(=O)NC1=NCCS1. The molecule has 22 heavy (non-hydrogen) atoms. The zero-order valence-electron chi connectivity index (χ0n) is 12.5. The van der Waals surface area contributed by atoms with E-state index in [1.807, 2.05) is 18.2 Å². The molecule has 5 nitrogen and oxygen atoms in total. The minimum absolute atomic E-state index is 0.0138. The van der Waals surface area contributed by atoms with Gasteiger partial charge < -0.3 is 10.2 Å². The Morgan fingerprint density at radius 3 is 2.95 bits per heavy atom. The van der Waals surface area contributed by atoms with Gasteiger partial charge in [-0.1, -0.05) is 36.0 Å². The number of rotatable bonds is 2. The molecular weight excluding hydrogens is 298 g/mol. The molecule has 1 N–H and O–H groups in total. The van der Waals surface area contributed by atoms with Crippen LogP contribution >= 0.6 is 11.8 Å². The number of benzene rings is 1. The molecule has 116 valence electrons. The average molecular weight is 317 g/mol. The number of thioether (sulfide) groups is 1. The van der Waals surface area contributed by atoms with Crippen molar-refractivity contribution in [1.82, 2.24) is 10.2 Å². The van der Waals surface area contributed by atoms with Crippen molar-refractivity contribution in [2.45, 2.75) is 25.8 Å². The first-order chi connectivity index (χ1) is 10.6. The van der Waals surface area contributed by atoms with Crippen molar-refractivity contribution in [3.05, 3.63) is 35.4 Å². The Morgan fingerprint density at radius 1 is 1.41 bits per heavy atom. The highest BCUT2D eigenvalue weighted by Crippen LogP contribution is 2.32. The van der Waals surface area contributed by atoms with Crippen LogP contribution in [0.5, 0.6) is 0 Å². The van der Waals surface area contributed by atoms with Crippen molar-refractivity contribution in [3.8, 4) is 0 Å². The van der Waals surface area contributed by atoms with Crippen LogP contribution in [0.2, 0.25) is 0 Å². The van der Waals surface area contributed by atoms with E-state index in [1.54, 1.807) is 23.6 Å². The highest BCUT2D eigenvalue weighted by Gasteiger charge is 2.30. The predicted octanol–water partition coefficient (Wildman–Crippen LogP) is 1.74. The van der Waals surface area contributed by atoms with Gasteiger partial charge >= 0.3 is 0 Å². The van der Waals surface area contributed by atoms with Crippen LogP contribution in [-0.2, 0) is 16.0 Å². The van der Waals surface area contributed by atoms with Crippen LogP contribution in [-0.4, -0.2) is 40.7 Å². The average Bonchev–Trinajstić information content (AvgIpc) is 3.00. The lowest BCUT2D eigenvalue weighted by Crippen LogP contribution is -2.41. The predicted molar refractivity (Wildman–Crippen MR) is 87.8 cm³/mol. The van der Waals surface area contributed by atoms with Crippen LogP contribution < -0.4 is 5.32 Å². The highest BCUT2D eigenvalue weighted by atomic mass is 32.2. The summed E-state index contributed by atoms with van der Waals surface area (Å²) in [7, 11) is 0. The molecule has 0 spiro atoms. The summed E-state index contributed by atoms with van der Waals surface area (Å²) in [4.78, 5) is 30.2. The van der Waals surface area contributed by atoms with Gasteiger partial charge in [-0.15, -0.1) is 0 Å². The molecule has 0 bridgehead atoms. The summed E-state index contributed by atoms with van der Waals surface area (Å²) in [6.45, 7) is 2.99. The van der Waals surface area contributed by atoms with Gasteiger partial charge in [0.25, 0.3) is 0 Å². The third-order valence-electron chi connectivity index (χ3n) is 4.03. The molecule has 1 aromatic carbocycles. The Hall–Kier alpha value is -1.82. The number of fused-ring (bicyclic) bond motifs is 1. The largest absolute Gasteiger partial charge is 0.335 e. The molecule has 2 amide bonds. The number of amides is 2. The fraction of sp³-hybridized carbons (Fsp3) is 0.438. The van der Waals surface area contributed by atoms with Gasteiger partial charge in [0.2, 0.25) is 11.8 Å². The number of amidine groups is 1. The van der Waals surface area contributed by atoms with Gasteiger partial charge in [0.05, 0.1) is 19.0 Å². The van der Waals surface area contributed by atoms with Gasteiger partial charge in [-0.2, -0.15) is 0 Å². The number of carbonyl (C=O) groups is 2. The Kier molecular flexibility index (Phi) is 4.47. The number of nitrogens with zero attached hydrogens (tertiary/aromatic N) is 2. The van der Waals surface area contributed by atoms with Gasteiger partial charge in [-0.25, -0.2) is 0 Å². The molecule has 1 atom stereocenters. The molecule has 0 aliphatic carbocycles. The molecule has 2 aliphatic rings. The molecule has 0 saturated heterocycles. The third-order valence-corrected chi connectivity index (χ3v) is 4.92. The summed E-state index contributed by atoms with van der Waals surface area (Å²) in [6, 6.07) is 7.88. The van der Waals surface area contributed by atoms with Crippen LogP contribution in [0.4, 0.5) is 0 Å². The first-order valence-electron chi connectivity index (χ1n) is 7.47. The number of hydrogen-bond donors (Lipinski definition) is 1. The molecule has 1 aromatic rings. The van der Waals surface area contributed by atoms with E-state index in [0.29, 0.717) is 11.7 Å². The lowest BCUT2D eigenvalue weighted by molar-refractivity contribution is -0.133. The molecule has 2 heterocycles. The van der Waals surface area contributed by atoms with E-state index in [2.05, 4.69) is 16.4 Å². The monoisotopic (exact) mass is 317 g/mol. The summed E-state index contributed by atoms with van der Waals surface area (Å²) in [5, 5.41) is 3.55. The maximum absolute atomic E-state index is 12.3. The molecule has 0 fully saturated rings. The molecule has 0 unspecified atom stereocenters. The minimum atomic E-state index is -0.186. The Morgan fingerprint density at radius 2 is 2.23 bits per heavy atom. The van der Waals surface area contributed by atoms with E-state index in [0.717, 1.165) is 24.3 Å². The normalized spacial score (nSPS) is 20.3. The van der Waals surface area contributed by atoms with Crippen molar-refractivity contribution < 1.29 is 9.59 Å². The van der Waals surface area contributed by atoms with Crippen molar-refractivity contribution in [1.29, 1.82) is 0 Å². The molecule has 3 rings (SSSR count). The van der Waals surface area contributed by atoms with Crippen LogP contribution in [0.3, 0.4) is 0 Å². The molecule has 6 heteroatoms. The number of nitrogens with one attached hydrogen (secondary N) is 1. The standard InChI is InChI=1S/C16H19N3O2S/c1-11(20)19-8-6-12-4-2-3-5-13(12)14(19)10-15(21)18-16-17-7-9-22-16/h2-5,14H,6-10H2,1H3,(H,17,18,21)/t14-/m1/s1. The van der Waals surface area contributed by atoms with Crippen molar-refractivity contribution in [2.75, 3.05) is 18.8 Å². The van der Waals surface area contributed by atoms with E-state index >= 15 is 0 Å². The molecular formula is C16H19N3O2S. The maximum atomic E-state index is 12.3. The van der Waals surface area contributed by atoms with E-state index < -0.39 is 0 Å². The third kappa shape index (κ3) is 3.16. The van der Waals surface area contributed by atoms with Crippen LogP contribution in [0, 0.1) is 0 Å². The van der Waals surface area contributed by atoms with Gasteiger partial charge in [-0.05, 0) is 17.5 Å². The van der Waals surface area contributed by atoms with E-state index in [4.69, 9.17) is 0 Å². The zero-order valence-corrected chi connectivity index (χ0v) is 13.4. The quantitative estimate of drug-likeness (QED) is 0.904. The fourth-order valence-corrected chi connectivity index (χ4v) is 3.75. The molecule has 2 aliphatic heterocycles. The molecule has 0 aromatic heterocycles. The van der Waals surface area contributed by atoms with Gasteiger partial charge in [0.1, 0.15) is 0 Å². The summed E-state index contributed by atoms with van der Waals surface area (Å²) >= 11 is 1.56. The summed E-state index contributed by atoms with van der Waals surface area (Å²) in [5.41, 5.74) is 2.31. The van der Waals surface area contributed by atoms with E-state index in [9.17, 15) is 9.59 Å². The van der Waals surface area contributed by atoms with Crippen molar-refractivity contribution in [3.63, 3.8) is 0 Å². The first kappa shape index (κ1) is 15.1. The maximum Gasteiger partial charge on any atom is 0.228 e. The number of carbonyl (C=O) groups excluding carboxylic acids is 2. The second-order valence-electron chi connectivity index (χ2n) is 5.46. The second-order valence-corrected chi connectivity index (χ2v) is 6.55. The summed E-state index contributed by atoms with van der Waals surface area (Å²) in [6.07, 6.45) is 1.12. The minimum Gasteiger partial charge on any atom is -0.335 e. The van der Waals surface area contributed by atoms with Gasteiger partial charge in [0.15, 0.2) is 5.17 Å². The first-order valence-corrected chi connectivity index (χ1v) is 8.46. The topological polar surface area (TPSA) is 61.8 Å². The molecule has 0 saturated carbocycles. The van der Waals surface area contributed by atoms with Crippen LogP contribution in [0.15, 0.2) is 29.3 Å². The zero-order chi connectivity index (χ0) is 15.5. The number of aliphatic imine (C=N–C) groups is 1. The lowest BCUT2D eigenvalue weighted by atomic mass is 9.90. The summed E-state index contributed by atoms with van der Waals surface area (Å²) < 4.78 is 0. The number of hydrogen-bond acceptors (Lipinski definition) is 4.